The zero-order valence-electron chi connectivity index (χ0n) is 21.0. The van der Waals surface area contributed by atoms with E-state index in [1.807, 2.05) is 60.8 Å². The van der Waals surface area contributed by atoms with Crippen LogP contribution in [-0.2, 0) is 6.54 Å². The molecule has 3 aromatic carbocycles. The van der Waals surface area contributed by atoms with E-state index in [-0.39, 0.29) is 11.7 Å². The first kappa shape index (κ1) is 25.1. The van der Waals surface area contributed by atoms with E-state index in [0.717, 1.165) is 49.5 Å². The zero-order valence-corrected chi connectivity index (χ0v) is 21.8. The van der Waals surface area contributed by atoms with Crippen molar-refractivity contribution in [2.24, 2.45) is 0 Å². The lowest BCUT2D eigenvalue weighted by Crippen LogP contribution is -2.43. The molecule has 1 aliphatic heterocycles. The van der Waals surface area contributed by atoms with Crippen molar-refractivity contribution in [3.63, 3.8) is 0 Å². The molecule has 1 aliphatic rings. The van der Waals surface area contributed by atoms with Crippen LogP contribution < -0.4 is 10.6 Å². The molecule has 0 atom stereocenters. The van der Waals surface area contributed by atoms with Crippen molar-refractivity contribution >= 4 is 33.8 Å². The van der Waals surface area contributed by atoms with E-state index in [0.29, 0.717) is 22.1 Å². The van der Waals surface area contributed by atoms with Crippen molar-refractivity contribution < 1.29 is 9.18 Å². The number of thiazole rings is 1. The maximum absolute atomic E-state index is 13.6. The average molecular weight is 516 g/mol. The van der Waals surface area contributed by atoms with Crippen LogP contribution in [0.25, 0.3) is 11.3 Å². The summed E-state index contributed by atoms with van der Waals surface area (Å²) in [5.74, 6) is -0.437. The van der Waals surface area contributed by atoms with Gasteiger partial charge in [-0.2, -0.15) is 0 Å². The molecule has 6 nitrogen and oxygen atoms in total. The molecule has 0 spiro atoms. The van der Waals surface area contributed by atoms with E-state index in [1.165, 1.54) is 29.0 Å². The predicted octanol–water partition coefficient (Wildman–Crippen LogP) is 6.00. The van der Waals surface area contributed by atoms with Crippen molar-refractivity contribution in [1.82, 2.24) is 14.8 Å². The third kappa shape index (κ3) is 6.40. The molecule has 1 aromatic heterocycles. The quantitative estimate of drug-likeness (QED) is 0.316. The van der Waals surface area contributed by atoms with Crippen LogP contribution in [0.15, 0.2) is 72.1 Å². The van der Waals surface area contributed by atoms with E-state index < -0.39 is 0 Å². The SMILES string of the molecule is Cc1ccc(NC(=O)c2ccc(CN3CCN(C)CC3)cc2)cc1Nc1nc(-c2cccc(F)c2)cs1. The first-order valence-corrected chi connectivity index (χ1v) is 13.2. The summed E-state index contributed by atoms with van der Waals surface area (Å²) in [6, 6.07) is 20.0. The maximum atomic E-state index is 13.6. The zero-order chi connectivity index (χ0) is 25.8. The minimum atomic E-state index is -0.288. The number of hydrogen-bond acceptors (Lipinski definition) is 6. The van der Waals surface area contributed by atoms with Gasteiger partial charge in [0.05, 0.1) is 5.69 Å². The van der Waals surface area contributed by atoms with Crippen molar-refractivity contribution in [3.05, 3.63) is 94.6 Å². The molecular weight excluding hydrogens is 485 g/mol. The van der Waals surface area contributed by atoms with Gasteiger partial charge in [-0.1, -0.05) is 30.3 Å². The summed E-state index contributed by atoms with van der Waals surface area (Å²) in [6.45, 7) is 7.20. The highest BCUT2D eigenvalue weighted by Gasteiger charge is 2.15. The monoisotopic (exact) mass is 515 g/mol. The number of nitrogens with zero attached hydrogens (tertiary/aromatic N) is 3. The summed E-state index contributed by atoms with van der Waals surface area (Å²) in [5.41, 5.74) is 5.85. The Kier molecular flexibility index (Phi) is 7.60. The normalized spacial score (nSPS) is 14.5. The number of amides is 1. The summed E-state index contributed by atoms with van der Waals surface area (Å²) >= 11 is 1.45. The summed E-state index contributed by atoms with van der Waals surface area (Å²) in [4.78, 5) is 22.3. The lowest BCUT2D eigenvalue weighted by molar-refractivity contribution is 0.102. The van der Waals surface area contributed by atoms with Gasteiger partial charge < -0.3 is 15.5 Å². The van der Waals surface area contributed by atoms with Gasteiger partial charge in [0, 0.05) is 60.6 Å². The van der Waals surface area contributed by atoms with Gasteiger partial charge in [-0.25, -0.2) is 9.37 Å². The Labute approximate surface area is 220 Å². The van der Waals surface area contributed by atoms with Gasteiger partial charge in [0.15, 0.2) is 5.13 Å². The second-order valence-corrected chi connectivity index (χ2v) is 10.3. The number of hydrogen-bond donors (Lipinski definition) is 2. The van der Waals surface area contributed by atoms with Gasteiger partial charge in [-0.3, -0.25) is 9.69 Å². The molecule has 37 heavy (non-hydrogen) atoms. The number of piperazine rings is 1. The van der Waals surface area contributed by atoms with E-state index in [4.69, 9.17) is 0 Å². The molecule has 0 unspecified atom stereocenters. The number of anilines is 3. The molecule has 0 radical (unpaired) electrons. The van der Waals surface area contributed by atoms with E-state index in [9.17, 15) is 9.18 Å². The first-order chi connectivity index (χ1) is 17.9. The molecule has 190 valence electrons. The molecule has 4 aromatic rings. The number of benzene rings is 3. The van der Waals surface area contributed by atoms with E-state index >= 15 is 0 Å². The molecule has 1 fully saturated rings. The number of carbonyl (C=O) groups excluding carboxylic acids is 1. The number of rotatable bonds is 7. The number of nitrogens with one attached hydrogen (secondary N) is 2. The van der Waals surface area contributed by atoms with Gasteiger partial charge in [-0.05, 0) is 61.5 Å². The highest BCUT2D eigenvalue weighted by molar-refractivity contribution is 7.14. The van der Waals surface area contributed by atoms with Crippen LogP contribution in [0.3, 0.4) is 0 Å². The number of aromatic nitrogens is 1. The van der Waals surface area contributed by atoms with Crippen LogP contribution in [0.1, 0.15) is 21.5 Å². The second-order valence-electron chi connectivity index (χ2n) is 9.43. The number of aryl methyl sites for hydroxylation is 1. The van der Waals surface area contributed by atoms with Crippen LogP contribution >= 0.6 is 11.3 Å². The fraction of sp³-hybridized carbons (Fsp3) is 0.241. The highest BCUT2D eigenvalue weighted by Crippen LogP contribution is 2.30. The smallest absolute Gasteiger partial charge is 0.255 e. The fourth-order valence-electron chi connectivity index (χ4n) is 4.29. The Morgan fingerprint density at radius 2 is 1.81 bits per heavy atom. The minimum Gasteiger partial charge on any atom is -0.331 e. The Bertz CT molecular complexity index is 1380. The molecular formula is C29H30FN5OS. The Hall–Kier alpha value is -3.59. The summed E-state index contributed by atoms with van der Waals surface area (Å²) in [7, 11) is 2.15. The van der Waals surface area contributed by atoms with E-state index in [1.54, 1.807) is 6.07 Å². The fourth-order valence-corrected chi connectivity index (χ4v) is 5.02. The topological polar surface area (TPSA) is 60.5 Å². The molecule has 8 heteroatoms. The molecule has 5 rings (SSSR count). The molecule has 1 saturated heterocycles. The Balaban J connectivity index is 1.22. The van der Waals surface area contributed by atoms with Gasteiger partial charge in [0.25, 0.3) is 5.91 Å². The molecule has 2 N–H and O–H groups in total. The van der Waals surface area contributed by atoms with Crippen LogP contribution in [0.2, 0.25) is 0 Å². The molecule has 0 aliphatic carbocycles. The van der Waals surface area contributed by atoms with Gasteiger partial charge in [0.2, 0.25) is 0 Å². The van der Waals surface area contributed by atoms with Crippen LogP contribution in [0, 0.1) is 12.7 Å². The van der Waals surface area contributed by atoms with Gasteiger partial charge >= 0.3 is 0 Å². The highest BCUT2D eigenvalue weighted by atomic mass is 32.1. The summed E-state index contributed by atoms with van der Waals surface area (Å²) in [6.07, 6.45) is 0. The molecule has 2 heterocycles. The molecule has 0 saturated carbocycles. The maximum Gasteiger partial charge on any atom is 0.255 e. The number of likely N-dealkylation sites (N-methyl/N-ethyl adjacent to an activating group) is 1. The van der Waals surface area contributed by atoms with Gasteiger partial charge in [-0.15, -0.1) is 11.3 Å². The largest absolute Gasteiger partial charge is 0.331 e. The van der Waals surface area contributed by atoms with Gasteiger partial charge in [0.1, 0.15) is 5.82 Å². The van der Waals surface area contributed by atoms with Crippen molar-refractivity contribution in [1.29, 1.82) is 0 Å². The summed E-state index contributed by atoms with van der Waals surface area (Å²) < 4.78 is 13.6. The average Bonchev–Trinajstić information content (AvgIpc) is 3.36. The minimum absolute atomic E-state index is 0.149. The van der Waals surface area contributed by atoms with E-state index in [2.05, 4.69) is 32.5 Å². The Morgan fingerprint density at radius 3 is 2.57 bits per heavy atom. The molecule has 1 amide bonds. The third-order valence-electron chi connectivity index (χ3n) is 6.58. The molecule has 0 bridgehead atoms. The second kappa shape index (κ2) is 11.2. The van der Waals surface area contributed by atoms with Crippen molar-refractivity contribution in [2.75, 3.05) is 43.9 Å². The van der Waals surface area contributed by atoms with Crippen LogP contribution in [-0.4, -0.2) is 53.9 Å². The summed E-state index contributed by atoms with van der Waals surface area (Å²) in [5, 5.41) is 8.93. The standard InChI is InChI=1S/C29H30FN5OS/c1-20-6-11-25(17-26(20)32-29-33-27(19-37-29)23-4-3-5-24(30)16-23)31-28(36)22-9-7-21(8-10-22)18-35-14-12-34(2)13-15-35/h3-11,16-17,19H,12-15,18H2,1-2H3,(H,31,36)(H,32,33). The predicted molar refractivity (Wildman–Crippen MR) is 149 cm³/mol. The third-order valence-corrected chi connectivity index (χ3v) is 7.34. The first-order valence-electron chi connectivity index (χ1n) is 12.3. The van der Waals surface area contributed by atoms with Crippen LogP contribution in [0.4, 0.5) is 20.9 Å². The lowest BCUT2D eigenvalue weighted by atomic mass is 10.1. The van der Waals surface area contributed by atoms with Crippen LogP contribution in [0.5, 0.6) is 0 Å². The lowest BCUT2D eigenvalue weighted by Gasteiger charge is -2.32. The Morgan fingerprint density at radius 1 is 1.03 bits per heavy atom. The van der Waals surface area contributed by atoms with Crippen molar-refractivity contribution in [3.8, 4) is 11.3 Å². The number of carbonyl (C=O) groups is 1. The number of halogens is 1. The van der Waals surface area contributed by atoms with Crippen molar-refractivity contribution in [2.45, 2.75) is 13.5 Å².